The second-order valence-electron chi connectivity index (χ2n) is 3.19. The maximum absolute atomic E-state index is 8.70. The lowest BCUT2D eigenvalue weighted by Crippen LogP contribution is -1.95. The van der Waals surface area contributed by atoms with Gasteiger partial charge in [-0.2, -0.15) is 5.26 Å². The lowest BCUT2D eigenvalue weighted by molar-refractivity contribution is 1.07. The Labute approximate surface area is 98.4 Å². The fourth-order valence-electron chi connectivity index (χ4n) is 1.42. The summed E-state index contributed by atoms with van der Waals surface area (Å²) < 4.78 is 0. The van der Waals surface area contributed by atoms with Crippen molar-refractivity contribution < 1.29 is 0 Å². The Morgan fingerprint density at radius 2 is 1.81 bits per heavy atom. The van der Waals surface area contributed by atoms with Crippen molar-refractivity contribution in [3.8, 4) is 17.3 Å². The zero-order chi connectivity index (χ0) is 11.4. The molecule has 0 saturated heterocycles. The third-order valence-electron chi connectivity index (χ3n) is 2.14. The lowest BCUT2D eigenvalue weighted by atomic mass is 10.1. The number of nitriles is 1. The van der Waals surface area contributed by atoms with Crippen LogP contribution in [0.4, 0.5) is 0 Å². The number of hydrogen-bond acceptors (Lipinski definition) is 3. The first kappa shape index (κ1) is 10.6. The molecule has 0 bridgehead atoms. The van der Waals surface area contributed by atoms with Crippen LogP contribution in [-0.4, -0.2) is 9.97 Å². The second kappa shape index (κ2) is 4.73. The van der Waals surface area contributed by atoms with Crippen LogP contribution in [0.2, 0.25) is 5.02 Å². The Bertz CT molecular complexity index is 529. The van der Waals surface area contributed by atoms with Crippen molar-refractivity contribution in [2.75, 3.05) is 0 Å². The molecule has 0 atom stereocenters. The molecule has 0 aliphatic rings. The summed E-state index contributed by atoms with van der Waals surface area (Å²) in [5.41, 5.74) is 2.34. The summed E-state index contributed by atoms with van der Waals surface area (Å²) in [5.74, 6) is 0. The van der Waals surface area contributed by atoms with Gasteiger partial charge in [-0.25, -0.2) is 0 Å². The minimum absolute atomic E-state index is 0.256. The average Bonchev–Trinajstić information content (AvgIpc) is 2.32. The average molecular weight is 230 g/mol. The van der Waals surface area contributed by atoms with Gasteiger partial charge in [0.05, 0.1) is 23.9 Å². The van der Waals surface area contributed by atoms with Crippen molar-refractivity contribution >= 4 is 11.6 Å². The smallest absolute Gasteiger partial charge is 0.0928 e. The summed E-state index contributed by atoms with van der Waals surface area (Å²) in [4.78, 5) is 8.39. The van der Waals surface area contributed by atoms with Gasteiger partial charge in [0.2, 0.25) is 0 Å². The standard InChI is InChI=1S/C12H8ClN3/c13-10-3-1-9(2-4-10)12-11(5-6-14)15-7-8-16-12/h1-4,7-8H,5H2. The van der Waals surface area contributed by atoms with Gasteiger partial charge < -0.3 is 0 Å². The third-order valence-corrected chi connectivity index (χ3v) is 2.39. The van der Waals surface area contributed by atoms with Gasteiger partial charge in [0.25, 0.3) is 0 Å². The van der Waals surface area contributed by atoms with E-state index in [9.17, 15) is 0 Å². The van der Waals surface area contributed by atoms with Crippen LogP contribution in [0, 0.1) is 11.3 Å². The third kappa shape index (κ3) is 2.18. The van der Waals surface area contributed by atoms with Crippen molar-refractivity contribution in [2.24, 2.45) is 0 Å². The topological polar surface area (TPSA) is 49.6 Å². The van der Waals surface area contributed by atoms with Gasteiger partial charge >= 0.3 is 0 Å². The molecule has 1 aromatic heterocycles. The highest BCUT2D eigenvalue weighted by Gasteiger charge is 2.06. The number of nitrogens with zero attached hydrogens (tertiary/aromatic N) is 3. The van der Waals surface area contributed by atoms with E-state index in [1.807, 2.05) is 12.1 Å². The number of halogens is 1. The van der Waals surface area contributed by atoms with E-state index in [1.165, 1.54) is 0 Å². The summed E-state index contributed by atoms with van der Waals surface area (Å²) in [6.07, 6.45) is 3.46. The molecule has 0 saturated carbocycles. The molecular weight excluding hydrogens is 222 g/mol. The molecule has 0 fully saturated rings. The van der Waals surface area contributed by atoms with E-state index in [1.54, 1.807) is 24.5 Å². The first-order valence-corrected chi connectivity index (χ1v) is 5.12. The normalized spacial score (nSPS) is 9.75. The van der Waals surface area contributed by atoms with Crippen molar-refractivity contribution in [2.45, 2.75) is 6.42 Å². The van der Waals surface area contributed by atoms with Crippen molar-refractivity contribution in [3.63, 3.8) is 0 Å². The molecule has 0 radical (unpaired) electrons. The van der Waals surface area contributed by atoms with Crippen LogP contribution in [0.15, 0.2) is 36.7 Å². The molecule has 2 aromatic rings. The molecule has 16 heavy (non-hydrogen) atoms. The van der Waals surface area contributed by atoms with E-state index in [0.717, 1.165) is 11.3 Å². The summed E-state index contributed by atoms with van der Waals surface area (Å²) in [5, 5.41) is 9.37. The summed E-state index contributed by atoms with van der Waals surface area (Å²) >= 11 is 5.81. The van der Waals surface area contributed by atoms with Crippen LogP contribution in [0.5, 0.6) is 0 Å². The van der Waals surface area contributed by atoms with Crippen LogP contribution in [0.1, 0.15) is 5.69 Å². The van der Waals surface area contributed by atoms with Crippen molar-refractivity contribution in [1.29, 1.82) is 5.26 Å². The molecule has 4 heteroatoms. The van der Waals surface area contributed by atoms with E-state index in [-0.39, 0.29) is 6.42 Å². The molecule has 3 nitrogen and oxygen atoms in total. The van der Waals surface area contributed by atoms with Crippen LogP contribution < -0.4 is 0 Å². The highest BCUT2D eigenvalue weighted by Crippen LogP contribution is 2.21. The van der Waals surface area contributed by atoms with Gasteiger partial charge in [-0.15, -0.1) is 0 Å². The maximum atomic E-state index is 8.70. The molecule has 1 heterocycles. The first-order valence-electron chi connectivity index (χ1n) is 4.74. The highest BCUT2D eigenvalue weighted by atomic mass is 35.5. The molecule has 78 valence electrons. The van der Waals surface area contributed by atoms with Crippen LogP contribution >= 0.6 is 11.6 Å². The largest absolute Gasteiger partial charge is 0.256 e. The predicted octanol–water partition coefficient (Wildman–Crippen LogP) is 2.86. The molecule has 0 aliphatic carbocycles. The Morgan fingerprint density at radius 3 is 2.50 bits per heavy atom. The Balaban J connectivity index is 2.47. The molecule has 0 N–H and O–H groups in total. The SMILES string of the molecule is N#CCc1nccnc1-c1ccc(Cl)cc1. The van der Waals surface area contributed by atoms with Gasteiger partial charge in [-0.05, 0) is 12.1 Å². The minimum Gasteiger partial charge on any atom is -0.256 e. The van der Waals surface area contributed by atoms with Crippen molar-refractivity contribution in [1.82, 2.24) is 9.97 Å². The van der Waals surface area contributed by atoms with Gasteiger partial charge in [-0.3, -0.25) is 9.97 Å². The molecular formula is C12H8ClN3. The molecule has 0 unspecified atom stereocenters. The van der Waals surface area contributed by atoms with Crippen LogP contribution in [-0.2, 0) is 6.42 Å². The molecule has 0 amide bonds. The molecule has 0 spiro atoms. The van der Waals surface area contributed by atoms with Crippen LogP contribution in [0.25, 0.3) is 11.3 Å². The first-order chi connectivity index (χ1) is 7.81. The van der Waals surface area contributed by atoms with Gasteiger partial charge in [0.15, 0.2) is 0 Å². The Morgan fingerprint density at radius 1 is 1.12 bits per heavy atom. The molecule has 1 aromatic carbocycles. The summed E-state index contributed by atoms with van der Waals surface area (Å²) in [7, 11) is 0. The Kier molecular flexibility index (Phi) is 3.13. The van der Waals surface area contributed by atoms with E-state index in [0.29, 0.717) is 10.7 Å². The molecule has 0 aliphatic heterocycles. The van der Waals surface area contributed by atoms with Gasteiger partial charge in [0.1, 0.15) is 0 Å². The second-order valence-corrected chi connectivity index (χ2v) is 3.63. The molecule has 2 rings (SSSR count). The lowest BCUT2D eigenvalue weighted by Gasteiger charge is -2.04. The number of rotatable bonds is 2. The summed E-state index contributed by atoms with van der Waals surface area (Å²) in [6, 6.07) is 9.40. The highest BCUT2D eigenvalue weighted by molar-refractivity contribution is 6.30. The monoisotopic (exact) mass is 229 g/mol. The number of benzene rings is 1. The fourth-order valence-corrected chi connectivity index (χ4v) is 1.55. The van der Waals surface area contributed by atoms with E-state index in [4.69, 9.17) is 16.9 Å². The number of aromatic nitrogens is 2. The van der Waals surface area contributed by atoms with Gasteiger partial charge in [-0.1, -0.05) is 23.7 Å². The van der Waals surface area contributed by atoms with E-state index < -0.39 is 0 Å². The fraction of sp³-hybridized carbons (Fsp3) is 0.0833. The Hall–Kier alpha value is -1.92. The van der Waals surface area contributed by atoms with Crippen LogP contribution in [0.3, 0.4) is 0 Å². The predicted molar refractivity (Wildman–Crippen MR) is 61.8 cm³/mol. The maximum Gasteiger partial charge on any atom is 0.0928 e. The zero-order valence-electron chi connectivity index (χ0n) is 8.39. The van der Waals surface area contributed by atoms with Crippen molar-refractivity contribution in [3.05, 3.63) is 47.4 Å². The summed E-state index contributed by atoms with van der Waals surface area (Å²) in [6.45, 7) is 0. The minimum atomic E-state index is 0.256. The van der Waals surface area contributed by atoms with Gasteiger partial charge in [0, 0.05) is 23.0 Å². The zero-order valence-corrected chi connectivity index (χ0v) is 9.15. The van der Waals surface area contributed by atoms with E-state index in [2.05, 4.69) is 16.0 Å². The quantitative estimate of drug-likeness (QED) is 0.796. The van der Waals surface area contributed by atoms with E-state index >= 15 is 0 Å². The number of hydrogen-bond donors (Lipinski definition) is 0.